The third-order valence-corrected chi connectivity index (χ3v) is 5.44. The van der Waals surface area contributed by atoms with Gasteiger partial charge in [-0.1, -0.05) is 36.4 Å². The van der Waals surface area contributed by atoms with E-state index in [0.717, 1.165) is 24.0 Å². The molecule has 3 rings (SSSR count). The molecular weight excluding hydrogens is 396 g/mol. The molecule has 1 N–H and O–H groups in total. The van der Waals surface area contributed by atoms with Gasteiger partial charge < -0.3 is 19.5 Å². The zero-order valence-corrected chi connectivity index (χ0v) is 18.1. The first kappa shape index (κ1) is 22.6. The van der Waals surface area contributed by atoms with Gasteiger partial charge in [0.1, 0.15) is 6.61 Å². The molecule has 1 aliphatic rings. The summed E-state index contributed by atoms with van der Waals surface area (Å²) >= 11 is 0. The van der Waals surface area contributed by atoms with Crippen LogP contribution in [0.2, 0.25) is 0 Å². The largest absolute Gasteiger partial charge is 0.493 e. The molecule has 2 aromatic rings. The van der Waals surface area contributed by atoms with Gasteiger partial charge in [0.2, 0.25) is 5.91 Å². The molecule has 1 aliphatic heterocycles. The van der Waals surface area contributed by atoms with Crippen LogP contribution >= 0.6 is 0 Å². The minimum Gasteiger partial charge on any atom is -0.493 e. The van der Waals surface area contributed by atoms with E-state index in [1.54, 1.807) is 7.11 Å². The second kappa shape index (κ2) is 11.4. The number of nitrogens with one attached hydrogen (secondary N) is 1. The molecule has 0 saturated carbocycles. The van der Waals surface area contributed by atoms with Crippen molar-refractivity contribution in [3.8, 4) is 11.5 Å². The summed E-state index contributed by atoms with van der Waals surface area (Å²) in [6, 6.07) is 15.6. The predicted octanol–water partition coefficient (Wildman–Crippen LogP) is 2.78. The Labute approximate surface area is 183 Å². The number of nitrogens with zero attached hydrogens (tertiary/aromatic N) is 1. The van der Waals surface area contributed by atoms with Crippen molar-refractivity contribution in [3.63, 3.8) is 0 Å². The topological polar surface area (TPSA) is 77.1 Å². The molecule has 0 aromatic heterocycles. The van der Waals surface area contributed by atoms with Crippen molar-refractivity contribution in [1.82, 2.24) is 10.2 Å². The third kappa shape index (κ3) is 6.72. The zero-order chi connectivity index (χ0) is 22.1. The molecule has 0 spiro atoms. The van der Waals surface area contributed by atoms with Crippen LogP contribution in [0.5, 0.6) is 11.5 Å². The molecule has 7 heteroatoms. The normalized spacial score (nSPS) is 14.6. The standard InChI is InChI=1S/C24H30N2O5/c1-29-22-14-19(8-9-21(22)31-17-18-6-4-3-5-7-18)15-25-23(27)16-26-12-10-20(11-13-26)24(28)30-2/h3-9,14,20H,10-13,15-17H2,1-2H3,(H,25,27). The van der Waals surface area contributed by atoms with Crippen LogP contribution < -0.4 is 14.8 Å². The lowest BCUT2D eigenvalue weighted by Gasteiger charge is -2.29. The van der Waals surface area contributed by atoms with E-state index in [1.165, 1.54) is 7.11 Å². The second-order valence-corrected chi connectivity index (χ2v) is 7.61. The molecule has 166 valence electrons. The van der Waals surface area contributed by atoms with Gasteiger partial charge in [-0.3, -0.25) is 14.5 Å². The number of carbonyl (C=O) groups is 2. The SMILES string of the molecule is COC(=O)C1CCN(CC(=O)NCc2ccc(OCc3ccccc3)c(OC)c2)CC1. The van der Waals surface area contributed by atoms with Crippen LogP contribution in [0.15, 0.2) is 48.5 Å². The highest BCUT2D eigenvalue weighted by atomic mass is 16.5. The fraction of sp³-hybridized carbons (Fsp3) is 0.417. The lowest BCUT2D eigenvalue weighted by Crippen LogP contribution is -2.42. The van der Waals surface area contributed by atoms with Gasteiger partial charge in [-0.05, 0) is 49.2 Å². The fourth-order valence-corrected chi connectivity index (χ4v) is 3.63. The van der Waals surface area contributed by atoms with Crippen molar-refractivity contribution in [2.75, 3.05) is 33.9 Å². The molecule has 7 nitrogen and oxygen atoms in total. The Bertz CT molecular complexity index is 864. The molecular formula is C24H30N2O5. The number of methoxy groups -OCH3 is 2. The summed E-state index contributed by atoms with van der Waals surface area (Å²) in [5.41, 5.74) is 2.01. The average molecular weight is 427 g/mol. The number of esters is 1. The van der Waals surface area contributed by atoms with Crippen LogP contribution in [-0.4, -0.2) is 50.6 Å². The number of piperidine rings is 1. The average Bonchev–Trinajstić information content (AvgIpc) is 2.82. The van der Waals surface area contributed by atoms with E-state index in [1.807, 2.05) is 48.5 Å². The molecule has 0 radical (unpaired) electrons. The second-order valence-electron chi connectivity index (χ2n) is 7.61. The van der Waals surface area contributed by atoms with E-state index in [-0.39, 0.29) is 17.8 Å². The zero-order valence-electron chi connectivity index (χ0n) is 18.1. The third-order valence-electron chi connectivity index (χ3n) is 5.44. The maximum Gasteiger partial charge on any atom is 0.308 e. The first-order chi connectivity index (χ1) is 15.1. The van der Waals surface area contributed by atoms with E-state index < -0.39 is 0 Å². The highest BCUT2D eigenvalue weighted by Gasteiger charge is 2.26. The summed E-state index contributed by atoms with van der Waals surface area (Å²) in [4.78, 5) is 26.0. The highest BCUT2D eigenvalue weighted by molar-refractivity contribution is 5.78. The first-order valence-corrected chi connectivity index (χ1v) is 10.5. The molecule has 0 unspecified atom stereocenters. The summed E-state index contributed by atoms with van der Waals surface area (Å²) in [5.74, 6) is 1.04. The van der Waals surface area contributed by atoms with Crippen molar-refractivity contribution in [3.05, 3.63) is 59.7 Å². The Morgan fingerprint density at radius 3 is 2.42 bits per heavy atom. The van der Waals surface area contributed by atoms with Crippen LogP contribution in [0.25, 0.3) is 0 Å². The minimum atomic E-state index is -0.158. The number of hydrogen-bond donors (Lipinski definition) is 1. The van der Waals surface area contributed by atoms with E-state index in [2.05, 4.69) is 10.2 Å². The number of hydrogen-bond acceptors (Lipinski definition) is 6. The van der Waals surface area contributed by atoms with E-state index in [0.29, 0.717) is 44.3 Å². The van der Waals surface area contributed by atoms with Crippen LogP contribution in [-0.2, 0) is 27.5 Å². The van der Waals surface area contributed by atoms with Gasteiger partial charge >= 0.3 is 5.97 Å². The van der Waals surface area contributed by atoms with E-state index in [9.17, 15) is 9.59 Å². The number of amides is 1. The van der Waals surface area contributed by atoms with Gasteiger partial charge in [-0.2, -0.15) is 0 Å². The maximum absolute atomic E-state index is 12.3. The summed E-state index contributed by atoms with van der Waals surface area (Å²) in [6.07, 6.45) is 1.45. The minimum absolute atomic E-state index is 0.0418. The molecule has 1 amide bonds. The molecule has 2 aromatic carbocycles. The fourth-order valence-electron chi connectivity index (χ4n) is 3.63. The quantitative estimate of drug-likeness (QED) is 0.622. The van der Waals surface area contributed by atoms with Crippen molar-refractivity contribution >= 4 is 11.9 Å². The Morgan fingerprint density at radius 1 is 1.00 bits per heavy atom. The van der Waals surface area contributed by atoms with Crippen LogP contribution in [0.4, 0.5) is 0 Å². The molecule has 0 atom stereocenters. The Morgan fingerprint density at radius 2 is 1.74 bits per heavy atom. The molecule has 0 bridgehead atoms. The van der Waals surface area contributed by atoms with Gasteiger partial charge in [0, 0.05) is 6.54 Å². The molecule has 31 heavy (non-hydrogen) atoms. The summed E-state index contributed by atoms with van der Waals surface area (Å²) in [5, 5.41) is 2.95. The van der Waals surface area contributed by atoms with E-state index >= 15 is 0 Å². The highest BCUT2D eigenvalue weighted by Crippen LogP contribution is 2.29. The number of likely N-dealkylation sites (tertiary alicyclic amines) is 1. The summed E-state index contributed by atoms with van der Waals surface area (Å²) in [7, 11) is 3.02. The van der Waals surface area contributed by atoms with Gasteiger partial charge in [-0.25, -0.2) is 0 Å². The first-order valence-electron chi connectivity index (χ1n) is 10.5. The monoisotopic (exact) mass is 426 g/mol. The maximum atomic E-state index is 12.3. The Balaban J connectivity index is 1.45. The number of ether oxygens (including phenoxy) is 3. The predicted molar refractivity (Wildman–Crippen MR) is 117 cm³/mol. The lowest BCUT2D eigenvalue weighted by atomic mass is 9.97. The van der Waals surface area contributed by atoms with Gasteiger partial charge in [0.25, 0.3) is 0 Å². The number of carbonyl (C=O) groups excluding carboxylic acids is 2. The smallest absolute Gasteiger partial charge is 0.308 e. The molecule has 1 fully saturated rings. The van der Waals surface area contributed by atoms with Crippen molar-refractivity contribution in [2.24, 2.45) is 5.92 Å². The number of benzene rings is 2. The van der Waals surface area contributed by atoms with Crippen molar-refractivity contribution in [2.45, 2.75) is 26.0 Å². The van der Waals surface area contributed by atoms with Crippen LogP contribution in [0, 0.1) is 5.92 Å². The van der Waals surface area contributed by atoms with Gasteiger partial charge in [-0.15, -0.1) is 0 Å². The molecule has 1 heterocycles. The number of rotatable bonds is 9. The van der Waals surface area contributed by atoms with Crippen molar-refractivity contribution < 1.29 is 23.8 Å². The summed E-state index contributed by atoms with van der Waals surface area (Å²) in [6.45, 7) is 2.62. The van der Waals surface area contributed by atoms with Gasteiger partial charge in [0.05, 0.1) is 26.7 Å². The van der Waals surface area contributed by atoms with Crippen molar-refractivity contribution in [1.29, 1.82) is 0 Å². The lowest BCUT2D eigenvalue weighted by molar-refractivity contribution is -0.147. The van der Waals surface area contributed by atoms with Crippen LogP contribution in [0.3, 0.4) is 0 Å². The molecule has 1 saturated heterocycles. The summed E-state index contributed by atoms with van der Waals surface area (Å²) < 4.78 is 16.1. The Kier molecular flexibility index (Phi) is 8.29. The Hall–Kier alpha value is -3.06. The van der Waals surface area contributed by atoms with E-state index in [4.69, 9.17) is 14.2 Å². The van der Waals surface area contributed by atoms with Gasteiger partial charge in [0.15, 0.2) is 11.5 Å². The molecule has 0 aliphatic carbocycles. The van der Waals surface area contributed by atoms with Crippen LogP contribution in [0.1, 0.15) is 24.0 Å².